The van der Waals surface area contributed by atoms with Crippen molar-refractivity contribution < 1.29 is 18.7 Å². The van der Waals surface area contributed by atoms with E-state index in [-0.39, 0.29) is 30.6 Å². The van der Waals surface area contributed by atoms with E-state index in [0.29, 0.717) is 28.3 Å². The van der Waals surface area contributed by atoms with Crippen LogP contribution in [0.3, 0.4) is 0 Å². The number of hydrogen-bond acceptors (Lipinski definition) is 6. The van der Waals surface area contributed by atoms with Gasteiger partial charge in [0.2, 0.25) is 0 Å². The Hall–Kier alpha value is -4.27. The summed E-state index contributed by atoms with van der Waals surface area (Å²) in [6.45, 7) is 5.82. The Morgan fingerprint density at radius 3 is 2.39 bits per heavy atom. The molecule has 0 amide bonds. The van der Waals surface area contributed by atoms with E-state index in [0.717, 1.165) is 0 Å². The number of carbonyl (C=O) groups is 1. The highest BCUT2D eigenvalue weighted by Gasteiger charge is 2.35. The molecule has 1 aliphatic heterocycles. The van der Waals surface area contributed by atoms with Gasteiger partial charge in [0, 0.05) is 6.20 Å². The lowest BCUT2D eigenvalue weighted by atomic mass is 9.97. The SMILES string of the molecule is CC(C)(C)C(=O)OC1Cn2c(-c3ccnc(Oc4ccccc4)n3)c(-c3ccc(F)cc3)c(=O)n2C1. The first kappa shape index (κ1) is 23.5. The summed E-state index contributed by atoms with van der Waals surface area (Å²) in [6.07, 6.45) is 1.04. The van der Waals surface area contributed by atoms with E-state index < -0.39 is 17.3 Å². The van der Waals surface area contributed by atoms with Crippen molar-refractivity contribution in [3.05, 3.63) is 83.0 Å². The van der Waals surface area contributed by atoms with Crippen molar-refractivity contribution in [3.8, 4) is 34.3 Å². The highest BCUT2D eigenvalue weighted by Crippen LogP contribution is 2.33. The molecule has 0 radical (unpaired) electrons. The highest BCUT2D eigenvalue weighted by molar-refractivity contribution is 5.79. The van der Waals surface area contributed by atoms with Crippen LogP contribution in [0.25, 0.3) is 22.5 Å². The Balaban J connectivity index is 1.58. The zero-order valence-electron chi connectivity index (χ0n) is 20.1. The Bertz CT molecular complexity index is 1470. The van der Waals surface area contributed by atoms with Crippen molar-refractivity contribution in [2.45, 2.75) is 40.0 Å². The van der Waals surface area contributed by atoms with Crippen molar-refractivity contribution in [2.24, 2.45) is 5.41 Å². The fraction of sp³-hybridized carbons (Fsp3) is 0.259. The van der Waals surface area contributed by atoms with Crippen LogP contribution in [0.4, 0.5) is 4.39 Å². The number of rotatable bonds is 5. The molecule has 0 fully saturated rings. The monoisotopic (exact) mass is 488 g/mol. The number of hydrogen-bond donors (Lipinski definition) is 0. The van der Waals surface area contributed by atoms with E-state index in [2.05, 4.69) is 9.97 Å². The number of ether oxygens (including phenoxy) is 2. The number of carbonyl (C=O) groups excluding carboxylic acids is 1. The van der Waals surface area contributed by atoms with E-state index in [4.69, 9.17) is 9.47 Å². The minimum atomic E-state index is -0.666. The second-order valence-electron chi connectivity index (χ2n) is 9.62. The maximum Gasteiger partial charge on any atom is 0.322 e. The van der Waals surface area contributed by atoms with Crippen LogP contribution in [0, 0.1) is 11.2 Å². The first-order valence-electron chi connectivity index (χ1n) is 11.6. The molecule has 1 atom stereocenters. The minimum Gasteiger partial charge on any atom is -0.458 e. The summed E-state index contributed by atoms with van der Waals surface area (Å²) in [7, 11) is 0. The molecule has 3 heterocycles. The third-order valence-electron chi connectivity index (χ3n) is 5.84. The topological polar surface area (TPSA) is 88.2 Å². The van der Waals surface area contributed by atoms with Crippen LogP contribution in [-0.4, -0.2) is 31.4 Å². The number of para-hydroxylation sites is 1. The predicted molar refractivity (Wildman–Crippen MR) is 131 cm³/mol. The molecule has 5 rings (SSSR count). The van der Waals surface area contributed by atoms with Gasteiger partial charge in [-0.05, 0) is 56.7 Å². The molecule has 184 valence electrons. The molecular weight excluding hydrogens is 463 g/mol. The zero-order valence-corrected chi connectivity index (χ0v) is 20.1. The average Bonchev–Trinajstić information content (AvgIpc) is 3.37. The van der Waals surface area contributed by atoms with Gasteiger partial charge in [0.25, 0.3) is 5.56 Å². The van der Waals surface area contributed by atoms with Crippen LogP contribution in [-0.2, 0) is 22.6 Å². The number of aromatic nitrogens is 4. The van der Waals surface area contributed by atoms with Crippen LogP contribution in [0.2, 0.25) is 0 Å². The Kier molecular flexibility index (Phi) is 5.91. The van der Waals surface area contributed by atoms with Gasteiger partial charge in [-0.25, -0.2) is 14.1 Å². The van der Waals surface area contributed by atoms with Gasteiger partial charge in [0.05, 0.1) is 35.5 Å². The van der Waals surface area contributed by atoms with E-state index in [1.54, 1.807) is 62.0 Å². The van der Waals surface area contributed by atoms with Gasteiger partial charge in [0.15, 0.2) is 0 Å². The zero-order chi connectivity index (χ0) is 25.4. The first-order valence-corrected chi connectivity index (χ1v) is 11.6. The molecule has 8 nitrogen and oxygen atoms in total. The van der Waals surface area contributed by atoms with E-state index >= 15 is 0 Å². The quantitative estimate of drug-likeness (QED) is 0.379. The number of esters is 1. The minimum absolute atomic E-state index is 0.116. The lowest BCUT2D eigenvalue weighted by Crippen LogP contribution is -2.30. The molecule has 0 saturated carbocycles. The first-order chi connectivity index (χ1) is 17.2. The maximum absolute atomic E-state index is 13.6. The molecule has 36 heavy (non-hydrogen) atoms. The molecule has 4 aromatic rings. The summed E-state index contributed by atoms with van der Waals surface area (Å²) in [6, 6.07) is 16.7. The molecule has 9 heteroatoms. The lowest BCUT2D eigenvalue weighted by molar-refractivity contribution is -0.158. The second kappa shape index (κ2) is 9.07. The largest absolute Gasteiger partial charge is 0.458 e. The smallest absolute Gasteiger partial charge is 0.322 e. The van der Waals surface area contributed by atoms with Gasteiger partial charge < -0.3 is 9.47 Å². The molecular formula is C27H25FN4O4. The number of halogens is 1. The van der Waals surface area contributed by atoms with E-state index in [1.165, 1.54) is 16.8 Å². The summed E-state index contributed by atoms with van der Waals surface area (Å²) < 4.78 is 28.4. The van der Waals surface area contributed by atoms with Crippen molar-refractivity contribution >= 4 is 5.97 Å². The average molecular weight is 489 g/mol. The lowest BCUT2D eigenvalue weighted by Gasteiger charge is -2.20. The van der Waals surface area contributed by atoms with E-state index in [1.807, 2.05) is 18.2 Å². The highest BCUT2D eigenvalue weighted by atomic mass is 19.1. The molecule has 2 aromatic heterocycles. The Morgan fingerprint density at radius 2 is 1.69 bits per heavy atom. The molecule has 1 unspecified atom stereocenters. The summed E-state index contributed by atoms with van der Waals surface area (Å²) in [4.78, 5) is 34.8. The summed E-state index contributed by atoms with van der Waals surface area (Å²) in [5, 5.41) is 0. The van der Waals surface area contributed by atoms with Gasteiger partial charge in [0.1, 0.15) is 17.7 Å². The van der Waals surface area contributed by atoms with Crippen LogP contribution >= 0.6 is 0 Å². The van der Waals surface area contributed by atoms with Gasteiger partial charge in [-0.15, -0.1) is 0 Å². The molecule has 0 N–H and O–H groups in total. The molecule has 0 bridgehead atoms. The molecule has 0 saturated heterocycles. The van der Waals surface area contributed by atoms with Crippen molar-refractivity contribution in [3.63, 3.8) is 0 Å². The Labute approximate surface area is 206 Å². The Morgan fingerprint density at radius 1 is 1.00 bits per heavy atom. The third kappa shape index (κ3) is 4.51. The van der Waals surface area contributed by atoms with Crippen LogP contribution in [0.5, 0.6) is 11.8 Å². The van der Waals surface area contributed by atoms with Crippen molar-refractivity contribution in [2.75, 3.05) is 0 Å². The maximum atomic E-state index is 13.6. The normalized spacial score (nSPS) is 14.9. The summed E-state index contributed by atoms with van der Waals surface area (Å²) in [5.74, 6) is -0.170. The van der Waals surface area contributed by atoms with Crippen molar-refractivity contribution in [1.29, 1.82) is 0 Å². The van der Waals surface area contributed by atoms with Gasteiger partial charge in [-0.2, -0.15) is 4.98 Å². The van der Waals surface area contributed by atoms with Gasteiger partial charge >= 0.3 is 12.0 Å². The van der Waals surface area contributed by atoms with Gasteiger partial charge in [-0.1, -0.05) is 30.3 Å². The number of fused-ring (bicyclic) bond motifs is 1. The molecule has 0 aliphatic carbocycles. The fourth-order valence-electron chi connectivity index (χ4n) is 4.06. The van der Waals surface area contributed by atoms with Crippen molar-refractivity contribution in [1.82, 2.24) is 19.3 Å². The van der Waals surface area contributed by atoms with Crippen LogP contribution in [0.15, 0.2) is 71.7 Å². The number of benzene rings is 2. The fourth-order valence-corrected chi connectivity index (χ4v) is 4.06. The molecule has 1 aliphatic rings. The van der Waals surface area contributed by atoms with E-state index in [9.17, 15) is 14.0 Å². The molecule has 0 spiro atoms. The molecule has 2 aromatic carbocycles. The van der Waals surface area contributed by atoms with Gasteiger partial charge in [-0.3, -0.25) is 14.3 Å². The van der Waals surface area contributed by atoms with Crippen LogP contribution in [0.1, 0.15) is 20.8 Å². The standard InChI is InChI=1S/C27H25FN4O4/c1-27(2,3)25(34)35-20-15-31-23(21-13-14-29-26(30-21)36-19-7-5-4-6-8-19)22(24(33)32(31)16-20)17-9-11-18(28)12-10-17/h4-14,20H,15-16H2,1-3H3. The van der Waals surface area contributed by atoms with Crippen LogP contribution < -0.4 is 10.3 Å². The summed E-state index contributed by atoms with van der Waals surface area (Å²) >= 11 is 0. The second-order valence-corrected chi connectivity index (χ2v) is 9.62. The third-order valence-corrected chi connectivity index (χ3v) is 5.84. The predicted octanol–water partition coefficient (Wildman–Crippen LogP) is 4.68. The summed E-state index contributed by atoms with van der Waals surface area (Å²) in [5.41, 5.74) is 0.948. The number of nitrogens with zero attached hydrogens (tertiary/aromatic N) is 4.